The molecule has 2 rings (SSSR count). The van der Waals surface area contributed by atoms with Crippen molar-refractivity contribution in [3.05, 3.63) is 47.1 Å². The number of nitrogens with zero attached hydrogens (tertiary/aromatic N) is 1. The number of nitrogens with one attached hydrogen (secondary N) is 1. The first-order valence-electron chi connectivity index (χ1n) is 8.27. The van der Waals surface area contributed by atoms with E-state index in [1.165, 1.54) is 29.6 Å². The van der Waals surface area contributed by atoms with Crippen LogP contribution in [0.4, 0.5) is 14.2 Å². The van der Waals surface area contributed by atoms with Crippen LogP contribution in [-0.2, 0) is 21.2 Å². The van der Waals surface area contributed by atoms with E-state index in [1.807, 2.05) is 0 Å². The standard InChI is InChI=1S/C18H23FN2O4S2/c1-18(2,3)25-17(22)20-16-15(10-12-26-16)27(23,24)21(4)11-9-13-5-7-14(19)8-6-13/h5-8,10,12H,9,11H2,1-4H3,(H,20,22). The van der Waals surface area contributed by atoms with Gasteiger partial charge in [0.1, 0.15) is 21.3 Å². The highest BCUT2D eigenvalue weighted by Gasteiger charge is 2.27. The molecule has 0 aliphatic carbocycles. The maximum atomic E-state index is 13.0. The number of hydrogen-bond acceptors (Lipinski definition) is 5. The quantitative estimate of drug-likeness (QED) is 0.772. The highest BCUT2D eigenvalue weighted by Crippen LogP contribution is 2.30. The van der Waals surface area contributed by atoms with Crippen molar-refractivity contribution in [2.45, 2.75) is 37.7 Å². The number of sulfonamides is 1. The summed E-state index contributed by atoms with van der Waals surface area (Å²) in [5.74, 6) is -0.337. The van der Waals surface area contributed by atoms with E-state index in [4.69, 9.17) is 4.74 Å². The molecule has 0 spiro atoms. The highest BCUT2D eigenvalue weighted by atomic mass is 32.2. The van der Waals surface area contributed by atoms with Gasteiger partial charge in [0, 0.05) is 13.6 Å². The number of thiophene rings is 1. The van der Waals surface area contributed by atoms with Gasteiger partial charge in [0.2, 0.25) is 10.0 Å². The topological polar surface area (TPSA) is 75.7 Å². The Morgan fingerprint density at radius 2 is 1.85 bits per heavy atom. The number of likely N-dealkylation sites (N-methyl/N-ethyl adjacent to an activating group) is 1. The fraction of sp³-hybridized carbons (Fsp3) is 0.389. The number of carbonyl (C=O) groups excluding carboxylic acids is 1. The van der Waals surface area contributed by atoms with Crippen molar-refractivity contribution < 1.29 is 22.3 Å². The summed E-state index contributed by atoms with van der Waals surface area (Å²) in [7, 11) is -2.33. The van der Waals surface area contributed by atoms with Crippen molar-refractivity contribution in [3.63, 3.8) is 0 Å². The number of amides is 1. The first kappa shape index (κ1) is 21.3. The molecule has 27 heavy (non-hydrogen) atoms. The van der Waals surface area contributed by atoms with E-state index >= 15 is 0 Å². The van der Waals surface area contributed by atoms with Gasteiger partial charge in [-0.1, -0.05) is 12.1 Å². The van der Waals surface area contributed by atoms with Crippen LogP contribution in [0.15, 0.2) is 40.6 Å². The Labute approximate surface area is 163 Å². The molecule has 0 radical (unpaired) electrons. The largest absolute Gasteiger partial charge is 0.444 e. The fourth-order valence-electron chi connectivity index (χ4n) is 2.21. The van der Waals surface area contributed by atoms with Crippen LogP contribution in [0, 0.1) is 5.82 Å². The molecule has 1 N–H and O–H groups in total. The Kier molecular flexibility index (Phi) is 6.61. The minimum absolute atomic E-state index is 0.0139. The lowest BCUT2D eigenvalue weighted by atomic mass is 10.1. The first-order valence-corrected chi connectivity index (χ1v) is 10.6. The summed E-state index contributed by atoms with van der Waals surface area (Å²) in [6, 6.07) is 7.37. The Morgan fingerprint density at radius 1 is 1.22 bits per heavy atom. The van der Waals surface area contributed by atoms with Gasteiger partial charge < -0.3 is 4.74 Å². The average Bonchev–Trinajstić information content (AvgIpc) is 3.00. The second-order valence-corrected chi connectivity index (χ2v) is 9.87. The molecule has 1 aromatic carbocycles. The number of rotatable bonds is 6. The van der Waals surface area contributed by atoms with Crippen molar-refractivity contribution in [2.24, 2.45) is 0 Å². The molecule has 0 atom stereocenters. The molecular weight excluding hydrogens is 391 g/mol. The predicted octanol–water partition coefficient (Wildman–Crippen LogP) is 4.10. The van der Waals surface area contributed by atoms with Crippen molar-refractivity contribution >= 4 is 32.5 Å². The summed E-state index contributed by atoms with van der Waals surface area (Å²) in [4.78, 5) is 12.0. The van der Waals surface area contributed by atoms with Gasteiger partial charge in [-0.05, 0) is 56.3 Å². The molecule has 0 saturated heterocycles. The highest BCUT2D eigenvalue weighted by molar-refractivity contribution is 7.89. The number of carbonyl (C=O) groups is 1. The van der Waals surface area contributed by atoms with Crippen LogP contribution in [0.2, 0.25) is 0 Å². The summed E-state index contributed by atoms with van der Waals surface area (Å²) < 4.78 is 45.0. The summed E-state index contributed by atoms with van der Waals surface area (Å²) in [6.07, 6.45) is -0.273. The van der Waals surface area contributed by atoms with Gasteiger partial charge in [-0.2, -0.15) is 0 Å². The molecule has 9 heteroatoms. The third kappa shape index (κ3) is 6.02. The lowest BCUT2D eigenvalue weighted by Gasteiger charge is -2.20. The Morgan fingerprint density at radius 3 is 2.44 bits per heavy atom. The summed E-state index contributed by atoms with van der Waals surface area (Å²) >= 11 is 1.10. The average molecular weight is 415 g/mol. The third-order valence-electron chi connectivity index (χ3n) is 3.56. The van der Waals surface area contributed by atoms with E-state index in [2.05, 4.69) is 5.32 Å². The van der Waals surface area contributed by atoms with Crippen molar-refractivity contribution in [1.29, 1.82) is 0 Å². The normalized spacial score (nSPS) is 12.2. The number of hydrogen-bond donors (Lipinski definition) is 1. The van der Waals surface area contributed by atoms with Crippen LogP contribution in [0.5, 0.6) is 0 Å². The van der Waals surface area contributed by atoms with Crippen molar-refractivity contribution in [3.8, 4) is 0 Å². The Bertz CT molecular complexity index is 887. The molecule has 1 aromatic heterocycles. The number of halogens is 1. The van der Waals surface area contributed by atoms with Crippen molar-refractivity contribution in [2.75, 3.05) is 18.9 Å². The Balaban J connectivity index is 2.08. The molecular formula is C18H23FN2O4S2. The second-order valence-electron chi connectivity index (χ2n) is 6.94. The SMILES string of the molecule is CN(CCc1ccc(F)cc1)S(=O)(=O)c1ccsc1NC(=O)OC(C)(C)C. The molecule has 0 aliphatic rings. The third-order valence-corrected chi connectivity index (χ3v) is 6.42. The zero-order valence-electron chi connectivity index (χ0n) is 15.7. The van der Waals surface area contributed by atoms with E-state index < -0.39 is 21.7 Å². The smallest absolute Gasteiger partial charge is 0.412 e. The van der Waals surface area contributed by atoms with Gasteiger partial charge in [-0.15, -0.1) is 11.3 Å². The van der Waals surface area contributed by atoms with Gasteiger partial charge in [0.25, 0.3) is 0 Å². The van der Waals surface area contributed by atoms with Gasteiger partial charge >= 0.3 is 6.09 Å². The molecule has 1 heterocycles. The first-order chi connectivity index (χ1) is 12.5. The summed E-state index contributed by atoms with van der Waals surface area (Å²) in [6.45, 7) is 5.39. The van der Waals surface area contributed by atoms with E-state index in [9.17, 15) is 17.6 Å². The molecule has 0 bridgehead atoms. The van der Waals surface area contributed by atoms with E-state index in [1.54, 1.807) is 38.3 Å². The lowest BCUT2D eigenvalue weighted by molar-refractivity contribution is 0.0636. The van der Waals surface area contributed by atoms with E-state index in [-0.39, 0.29) is 22.3 Å². The maximum absolute atomic E-state index is 13.0. The zero-order chi connectivity index (χ0) is 20.2. The maximum Gasteiger partial charge on any atom is 0.412 e. The van der Waals surface area contributed by atoms with E-state index in [0.29, 0.717) is 6.42 Å². The monoisotopic (exact) mass is 414 g/mol. The van der Waals surface area contributed by atoms with E-state index in [0.717, 1.165) is 16.9 Å². The number of anilines is 1. The molecule has 0 unspecified atom stereocenters. The molecule has 1 amide bonds. The van der Waals surface area contributed by atoms with Crippen LogP contribution >= 0.6 is 11.3 Å². The van der Waals surface area contributed by atoms with Crippen LogP contribution in [0.3, 0.4) is 0 Å². The molecule has 2 aromatic rings. The van der Waals surface area contributed by atoms with Crippen LogP contribution in [0.25, 0.3) is 0 Å². The number of ether oxygens (including phenoxy) is 1. The molecule has 6 nitrogen and oxygen atoms in total. The van der Waals surface area contributed by atoms with Gasteiger partial charge in [-0.3, -0.25) is 5.32 Å². The molecule has 148 valence electrons. The zero-order valence-corrected chi connectivity index (χ0v) is 17.3. The predicted molar refractivity (Wildman–Crippen MR) is 104 cm³/mol. The van der Waals surface area contributed by atoms with Gasteiger partial charge in [-0.25, -0.2) is 21.9 Å². The van der Waals surface area contributed by atoms with Crippen molar-refractivity contribution in [1.82, 2.24) is 4.31 Å². The lowest BCUT2D eigenvalue weighted by Crippen LogP contribution is -2.30. The Hall–Kier alpha value is -1.97. The minimum atomic E-state index is -3.79. The summed E-state index contributed by atoms with van der Waals surface area (Å²) in [5.41, 5.74) is 0.141. The summed E-state index contributed by atoms with van der Waals surface area (Å²) in [5, 5.41) is 4.29. The number of benzene rings is 1. The molecule has 0 saturated carbocycles. The van der Waals surface area contributed by atoms with Crippen LogP contribution < -0.4 is 5.32 Å². The molecule has 0 fully saturated rings. The second kappa shape index (κ2) is 8.37. The van der Waals surface area contributed by atoms with Crippen LogP contribution in [-0.4, -0.2) is 38.0 Å². The fourth-order valence-corrected chi connectivity index (χ4v) is 4.62. The van der Waals surface area contributed by atoms with Gasteiger partial charge in [0.05, 0.1) is 0 Å². The minimum Gasteiger partial charge on any atom is -0.444 e. The van der Waals surface area contributed by atoms with Crippen LogP contribution in [0.1, 0.15) is 26.3 Å². The van der Waals surface area contributed by atoms with Gasteiger partial charge in [0.15, 0.2) is 0 Å². The molecule has 0 aliphatic heterocycles.